The van der Waals surface area contributed by atoms with E-state index in [4.69, 9.17) is 16.3 Å². The molecule has 0 bridgehead atoms. The molecule has 0 aromatic heterocycles. The summed E-state index contributed by atoms with van der Waals surface area (Å²) in [4.78, 5) is 12.6. The van der Waals surface area contributed by atoms with E-state index in [0.717, 1.165) is 5.56 Å². The molecular formula is C23H15ClFNO2. The van der Waals surface area contributed by atoms with Crippen molar-refractivity contribution in [2.45, 2.75) is 6.61 Å². The molecule has 3 aromatic carbocycles. The Labute approximate surface area is 167 Å². The van der Waals surface area contributed by atoms with Crippen molar-refractivity contribution in [2.75, 3.05) is 0 Å². The minimum atomic E-state index is -0.382. The molecule has 0 aliphatic carbocycles. The summed E-state index contributed by atoms with van der Waals surface area (Å²) in [5.41, 5.74) is 1.69. The molecule has 3 aromatic rings. The molecule has 0 heterocycles. The van der Waals surface area contributed by atoms with Crippen LogP contribution in [0.3, 0.4) is 0 Å². The van der Waals surface area contributed by atoms with Crippen molar-refractivity contribution in [1.82, 2.24) is 0 Å². The number of carbonyl (C=O) groups excluding carboxylic acids is 1. The highest BCUT2D eigenvalue weighted by Gasteiger charge is 2.13. The van der Waals surface area contributed by atoms with Crippen LogP contribution in [0, 0.1) is 17.1 Å². The van der Waals surface area contributed by atoms with Crippen LogP contribution < -0.4 is 4.74 Å². The molecule has 138 valence electrons. The molecule has 0 fully saturated rings. The summed E-state index contributed by atoms with van der Waals surface area (Å²) in [6.07, 6.45) is 1.46. The van der Waals surface area contributed by atoms with Crippen LogP contribution in [0.5, 0.6) is 5.75 Å². The van der Waals surface area contributed by atoms with E-state index in [1.54, 1.807) is 60.7 Å². The Hall–Kier alpha value is -3.42. The van der Waals surface area contributed by atoms with Gasteiger partial charge in [0.05, 0.1) is 0 Å². The Morgan fingerprint density at radius 3 is 2.46 bits per heavy atom. The van der Waals surface area contributed by atoms with Crippen molar-refractivity contribution >= 4 is 23.5 Å². The van der Waals surface area contributed by atoms with E-state index in [-0.39, 0.29) is 23.8 Å². The van der Waals surface area contributed by atoms with Gasteiger partial charge in [-0.15, -0.1) is 0 Å². The highest BCUT2D eigenvalue weighted by molar-refractivity contribution is 6.30. The van der Waals surface area contributed by atoms with E-state index < -0.39 is 0 Å². The maximum absolute atomic E-state index is 13.0. The fourth-order valence-corrected chi connectivity index (χ4v) is 2.73. The molecule has 3 nitrogen and oxygen atoms in total. The zero-order chi connectivity index (χ0) is 19.9. The van der Waals surface area contributed by atoms with Gasteiger partial charge in [-0.3, -0.25) is 4.79 Å². The van der Waals surface area contributed by atoms with Crippen molar-refractivity contribution in [3.63, 3.8) is 0 Å². The zero-order valence-electron chi connectivity index (χ0n) is 14.7. The SMILES string of the molecule is N#C/C(=C\c1cc(Cl)ccc1OCc1ccc(F)cc1)C(=O)c1ccccc1. The van der Waals surface area contributed by atoms with Gasteiger partial charge in [-0.1, -0.05) is 54.1 Å². The number of nitriles is 1. The van der Waals surface area contributed by atoms with E-state index >= 15 is 0 Å². The van der Waals surface area contributed by atoms with Gasteiger partial charge in [-0.05, 0) is 42.0 Å². The van der Waals surface area contributed by atoms with Gasteiger partial charge in [0.15, 0.2) is 0 Å². The number of hydrogen-bond acceptors (Lipinski definition) is 3. The predicted octanol–water partition coefficient (Wildman–Crippen LogP) is 5.85. The Bertz CT molecular complexity index is 1050. The van der Waals surface area contributed by atoms with Crippen molar-refractivity contribution in [3.8, 4) is 11.8 Å². The van der Waals surface area contributed by atoms with Crippen LogP contribution in [0.15, 0.2) is 78.4 Å². The quantitative estimate of drug-likeness (QED) is 0.301. The summed E-state index contributed by atoms with van der Waals surface area (Å²) in [5.74, 6) is -0.244. The lowest BCUT2D eigenvalue weighted by molar-refractivity contribution is 0.104. The first-order valence-corrected chi connectivity index (χ1v) is 8.83. The Kier molecular flexibility index (Phi) is 6.21. The molecule has 5 heteroatoms. The summed E-state index contributed by atoms with van der Waals surface area (Å²) in [7, 11) is 0. The van der Waals surface area contributed by atoms with Gasteiger partial charge in [0, 0.05) is 16.1 Å². The fraction of sp³-hybridized carbons (Fsp3) is 0.0435. The molecule has 0 N–H and O–H groups in total. The lowest BCUT2D eigenvalue weighted by Gasteiger charge is -2.10. The number of halogens is 2. The second kappa shape index (κ2) is 8.98. The molecule has 3 rings (SSSR count). The molecule has 0 spiro atoms. The van der Waals surface area contributed by atoms with Gasteiger partial charge in [0.25, 0.3) is 0 Å². The monoisotopic (exact) mass is 391 g/mol. The highest BCUT2D eigenvalue weighted by Crippen LogP contribution is 2.27. The number of hydrogen-bond donors (Lipinski definition) is 0. The van der Waals surface area contributed by atoms with Gasteiger partial charge in [-0.25, -0.2) is 4.39 Å². The van der Waals surface area contributed by atoms with Crippen LogP contribution in [0.25, 0.3) is 6.08 Å². The molecule has 0 saturated carbocycles. The average Bonchev–Trinajstić information content (AvgIpc) is 2.72. The zero-order valence-corrected chi connectivity index (χ0v) is 15.5. The summed E-state index contributed by atoms with van der Waals surface area (Å²) in [6.45, 7) is 0.206. The van der Waals surface area contributed by atoms with Crippen molar-refractivity contribution in [2.24, 2.45) is 0 Å². The Morgan fingerprint density at radius 1 is 1.07 bits per heavy atom. The van der Waals surface area contributed by atoms with E-state index in [1.807, 2.05) is 6.07 Å². The molecular weight excluding hydrogens is 377 g/mol. The molecule has 28 heavy (non-hydrogen) atoms. The van der Waals surface area contributed by atoms with E-state index in [0.29, 0.717) is 21.9 Å². The third-order valence-corrected chi connectivity index (χ3v) is 4.22. The normalized spacial score (nSPS) is 11.0. The smallest absolute Gasteiger partial charge is 0.203 e. The average molecular weight is 392 g/mol. The molecule has 0 aliphatic rings. The topological polar surface area (TPSA) is 50.1 Å². The van der Waals surface area contributed by atoms with E-state index in [2.05, 4.69) is 0 Å². The molecule has 0 unspecified atom stereocenters. The number of nitrogens with zero attached hydrogens (tertiary/aromatic N) is 1. The first-order chi connectivity index (χ1) is 13.6. The molecule has 0 radical (unpaired) electrons. The van der Waals surface area contributed by atoms with Crippen molar-refractivity contribution < 1.29 is 13.9 Å². The number of ketones is 1. The Morgan fingerprint density at radius 2 is 1.79 bits per heavy atom. The van der Waals surface area contributed by atoms with Crippen LogP contribution in [-0.2, 0) is 6.61 Å². The van der Waals surface area contributed by atoms with Gasteiger partial charge in [0.1, 0.15) is 29.8 Å². The minimum Gasteiger partial charge on any atom is -0.488 e. The molecule has 0 atom stereocenters. The largest absolute Gasteiger partial charge is 0.488 e. The fourth-order valence-electron chi connectivity index (χ4n) is 2.55. The van der Waals surface area contributed by atoms with Crippen LogP contribution in [0.4, 0.5) is 4.39 Å². The first-order valence-electron chi connectivity index (χ1n) is 8.45. The molecule has 0 aliphatic heterocycles. The second-order valence-electron chi connectivity index (χ2n) is 5.96. The van der Waals surface area contributed by atoms with Gasteiger partial charge >= 0.3 is 0 Å². The summed E-state index contributed by atoms with van der Waals surface area (Å²) < 4.78 is 18.8. The summed E-state index contributed by atoms with van der Waals surface area (Å²) in [5, 5.41) is 9.91. The maximum Gasteiger partial charge on any atom is 0.203 e. The lowest BCUT2D eigenvalue weighted by atomic mass is 10.0. The second-order valence-corrected chi connectivity index (χ2v) is 6.40. The molecule has 0 amide bonds. The Balaban J connectivity index is 1.88. The minimum absolute atomic E-state index is 0.0277. The van der Waals surface area contributed by atoms with Gasteiger partial charge in [0.2, 0.25) is 5.78 Å². The lowest BCUT2D eigenvalue weighted by Crippen LogP contribution is -2.02. The van der Waals surface area contributed by atoms with E-state index in [9.17, 15) is 14.4 Å². The van der Waals surface area contributed by atoms with Crippen LogP contribution >= 0.6 is 11.6 Å². The van der Waals surface area contributed by atoms with Crippen LogP contribution in [0.1, 0.15) is 21.5 Å². The van der Waals surface area contributed by atoms with Crippen LogP contribution in [0.2, 0.25) is 5.02 Å². The van der Waals surface area contributed by atoms with Gasteiger partial charge in [-0.2, -0.15) is 5.26 Å². The van der Waals surface area contributed by atoms with Crippen LogP contribution in [-0.4, -0.2) is 5.78 Å². The maximum atomic E-state index is 13.0. The van der Waals surface area contributed by atoms with Crippen molar-refractivity contribution in [3.05, 3.63) is 106 Å². The molecule has 0 saturated heterocycles. The number of carbonyl (C=O) groups is 1. The van der Waals surface area contributed by atoms with Crippen molar-refractivity contribution in [1.29, 1.82) is 5.26 Å². The number of benzene rings is 3. The summed E-state index contributed by atoms with van der Waals surface area (Å²) >= 11 is 6.08. The standard InChI is InChI=1S/C23H15ClFNO2/c24-20-8-11-22(28-15-16-6-9-21(25)10-7-16)18(13-20)12-19(14-26)23(27)17-4-2-1-3-5-17/h1-13H,15H2/b19-12+. The summed E-state index contributed by atoms with van der Waals surface area (Å²) in [6, 6.07) is 21.4. The number of Topliss-reactive ketones (excluding diaryl/α,β-unsaturated/α-hetero) is 1. The number of ether oxygens (including phenoxy) is 1. The first kappa shape index (κ1) is 19.3. The van der Waals surface area contributed by atoms with E-state index in [1.165, 1.54) is 18.2 Å². The third-order valence-electron chi connectivity index (χ3n) is 3.98. The third kappa shape index (κ3) is 4.85. The van der Waals surface area contributed by atoms with Gasteiger partial charge < -0.3 is 4.74 Å². The highest BCUT2D eigenvalue weighted by atomic mass is 35.5. The number of allylic oxidation sites excluding steroid dienone is 1. The number of rotatable bonds is 6. The predicted molar refractivity (Wildman–Crippen MR) is 107 cm³/mol.